The summed E-state index contributed by atoms with van der Waals surface area (Å²) in [6, 6.07) is 13.5. The van der Waals surface area contributed by atoms with Crippen LogP contribution >= 0.6 is 0 Å². The van der Waals surface area contributed by atoms with Gasteiger partial charge in [-0.25, -0.2) is 9.07 Å². The largest absolute Gasteiger partial charge is 0.460 e. The van der Waals surface area contributed by atoms with E-state index in [0.717, 1.165) is 0 Å². The van der Waals surface area contributed by atoms with Gasteiger partial charge in [0.25, 0.3) is 0 Å². The molecule has 0 radical (unpaired) electrons. The molecule has 3 aromatic rings. The summed E-state index contributed by atoms with van der Waals surface area (Å²) >= 11 is 0. The standard InChI is InChI=1S/C21H23FN4O3/c1-14(2)20(27)23-15-8-10-16(11-9-15)26-19(17-6-4-5-7-18(17)22)24-21(25-26)29-13-12-28-3/h4-11,14H,12-13H2,1-3H3,(H,23,27). The topological polar surface area (TPSA) is 78.3 Å². The van der Waals surface area contributed by atoms with E-state index in [-0.39, 0.29) is 24.4 Å². The third-order valence-electron chi connectivity index (χ3n) is 4.12. The van der Waals surface area contributed by atoms with E-state index in [2.05, 4.69) is 15.4 Å². The van der Waals surface area contributed by atoms with Crippen LogP contribution in [0.4, 0.5) is 10.1 Å². The first kappa shape index (κ1) is 20.5. The number of anilines is 1. The molecule has 1 N–H and O–H groups in total. The second-order valence-electron chi connectivity index (χ2n) is 6.64. The fraction of sp³-hybridized carbons (Fsp3) is 0.286. The van der Waals surface area contributed by atoms with Gasteiger partial charge in [0, 0.05) is 18.7 Å². The summed E-state index contributed by atoms with van der Waals surface area (Å²) in [5, 5.41) is 7.19. The molecular weight excluding hydrogens is 375 g/mol. The Labute approximate surface area is 168 Å². The van der Waals surface area contributed by atoms with Gasteiger partial charge in [0.1, 0.15) is 12.4 Å². The molecule has 0 aliphatic rings. The normalized spacial score (nSPS) is 10.9. The molecule has 0 bridgehead atoms. The van der Waals surface area contributed by atoms with Crippen molar-refractivity contribution in [1.29, 1.82) is 0 Å². The number of ether oxygens (including phenoxy) is 2. The molecule has 0 atom stereocenters. The lowest BCUT2D eigenvalue weighted by Crippen LogP contribution is -2.17. The average Bonchev–Trinajstić information content (AvgIpc) is 3.13. The monoisotopic (exact) mass is 398 g/mol. The predicted octanol–water partition coefficient (Wildman–Crippen LogP) is 3.69. The molecule has 0 saturated carbocycles. The summed E-state index contributed by atoms with van der Waals surface area (Å²) in [5.41, 5.74) is 1.62. The number of halogens is 1. The molecule has 29 heavy (non-hydrogen) atoms. The summed E-state index contributed by atoms with van der Waals surface area (Å²) < 4.78 is 26.4. The molecule has 0 aliphatic carbocycles. The third kappa shape index (κ3) is 4.97. The van der Waals surface area contributed by atoms with Gasteiger partial charge in [-0.1, -0.05) is 26.0 Å². The van der Waals surface area contributed by atoms with Crippen LogP contribution in [0, 0.1) is 11.7 Å². The Morgan fingerprint density at radius 1 is 1.14 bits per heavy atom. The van der Waals surface area contributed by atoms with Crippen molar-refractivity contribution >= 4 is 11.6 Å². The Morgan fingerprint density at radius 3 is 2.52 bits per heavy atom. The van der Waals surface area contributed by atoms with Crippen molar-refractivity contribution in [3.8, 4) is 23.1 Å². The lowest BCUT2D eigenvalue weighted by Gasteiger charge is -2.10. The SMILES string of the molecule is COCCOc1nc(-c2ccccc2F)n(-c2ccc(NC(=O)C(C)C)cc2)n1. The molecule has 7 nitrogen and oxygen atoms in total. The predicted molar refractivity (Wildman–Crippen MR) is 108 cm³/mol. The second-order valence-corrected chi connectivity index (χ2v) is 6.64. The Balaban J connectivity index is 1.94. The number of carbonyl (C=O) groups excluding carboxylic acids is 1. The number of amides is 1. The van der Waals surface area contributed by atoms with Crippen LogP contribution in [0.25, 0.3) is 17.1 Å². The number of carbonyl (C=O) groups is 1. The summed E-state index contributed by atoms with van der Waals surface area (Å²) in [6.07, 6.45) is 0. The maximum Gasteiger partial charge on any atom is 0.336 e. The summed E-state index contributed by atoms with van der Waals surface area (Å²) in [7, 11) is 1.57. The van der Waals surface area contributed by atoms with Gasteiger partial charge < -0.3 is 14.8 Å². The number of hydrogen-bond donors (Lipinski definition) is 1. The number of nitrogens with one attached hydrogen (secondary N) is 1. The smallest absolute Gasteiger partial charge is 0.336 e. The number of aromatic nitrogens is 3. The van der Waals surface area contributed by atoms with Gasteiger partial charge in [0.05, 0.1) is 17.9 Å². The van der Waals surface area contributed by atoms with Crippen LogP contribution in [-0.2, 0) is 9.53 Å². The van der Waals surface area contributed by atoms with Crippen molar-refractivity contribution in [3.05, 3.63) is 54.3 Å². The fourth-order valence-electron chi connectivity index (χ4n) is 2.54. The van der Waals surface area contributed by atoms with E-state index in [1.54, 1.807) is 49.6 Å². The Kier molecular flexibility index (Phi) is 6.56. The highest BCUT2D eigenvalue weighted by Gasteiger charge is 2.18. The molecule has 0 saturated heterocycles. The van der Waals surface area contributed by atoms with Crippen molar-refractivity contribution in [3.63, 3.8) is 0 Å². The summed E-state index contributed by atoms with van der Waals surface area (Å²) in [6.45, 7) is 4.31. The molecule has 1 aromatic heterocycles. The van der Waals surface area contributed by atoms with Crippen LogP contribution in [-0.4, -0.2) is 41.0 Å². The minimum absolute atomic E-state index is 0.0700. The molecule has 1 heterocycles. The summed E-state index contributed by atoms with van der Waals surface area (Å²) in [5.74, 6) is -0.288. The molecule has 8 heteroatoms. The second kappa shape index (κ2) is 9.29. The van der Waals surface area contributed by atoms with Crippen molar-refractivity contribution in [2.75, 3.05) is 25.6 Å². The third-order valence-corrected chi connectivity index (χ3v) is 4.12. The average molecular weight is 398 g/mol. The Bertz CT molecular complexity index is 970. The number of benzene rings is 2. The molecule has 2 aromatic carbocycles. The number of rotatable bonds is 8. The lowest BCUT2D eigenvalue weighted by molar-refractivity contribution is -0.118. The molecule has 0 fully saturated rings. The van der Waals surface area contributed by atoms with Crippen molar-refractivity contribution in [1.82, 2.24) is 14.8 Å². The van der Waals surface area contributed by atoms with Crippen LogP contribution in [0.5, 0.6) is 6.01 Å². The highest BCUT2D eigenvalue weighted by molar-refractivity contribution is 5.92. The van der Waals surface area contributed by atoms with Crippen molar-refractivity contribution in [2.24, 2.45) is 5.92 Å². The quantitative estimate of drug-likeness (QED) is 0.586. The van der Waals surface area contributed by atoms with E-state index < -0.39 is 5.82 Å². The highest BCUT2D eigenvalue weighted by atomic mass is 19.1. The van der Waals surface area contributed by atoms with Gasteiger partial charge in [-0.3, -0.25) is 4.79 Å². The van der Waals surface area contributed by atoms with E-state index in [4.69, 9.17) is 9.47 Å². The van der Waals surface area contributed by atoms with E-state index in [1.165, 1.54) is 10.7 Å². The van der Waals surface area contributed by atoms with Gasteiger partial charge in [0.15, 0.2) is 5.82 Å². The minimum Gasteiger partial charge on any atom is -0.460 e. The highest BCUT2D eigenvalue weighted by Crippen LogP contribution is 2.26. The fourth-order valence-corrected chi connectivity index (χ4v) is 2.54. The van der Waals surface area contributed by atoms with Crippen molar-refractivity contribution < 1.29 is 18.7 Å². The molecule has 1 amide bonds. The van der Waals surface area contributed by atoms with E-state index in [9.17, 15) is 9.18 Å². The van der Waals surface area contributed by atoms with Crippen molar-refractivity contribution in [2.45, 2.75) is 13.8 Å². The van der Waals surface area contributed by atoms with Gasteiger partial charge in [-0.05, 0) is 36.4 Å². The maximum atomic E-state index is 14.4. The van der Waals surface area contributed by atoms with E-state index in [0.29, 0.717) is 29.4 Å². The first-order valence-electron chi connectivity index (χ1n) is 9.24. The van der Waals surface area contributed by atoms with Gasteiger partial charge in [0.2, 0.25) is 5.91 Å². The molecule has 0 aliphatic heterocycles. The molecule has 3 rings (SSSR count). The zero-order valence-corrected chi connectivity index (χ0v) is 16.6. The number of hydrogen-bond acceptors (Lipinski definition) is 5. The van der Waals surface area contributed by atoms with E-state index >= 15 is 0 Å². The van der Waals surface area contributed by atoms with Gasteiger partial charge in [-0.15, -0.1) is 5.10 Å². The van der Waals surface area contributed by atoms with Crippen LogP contribution in [0.3, 0.4) is 0 Å². The van der Waals surface area contributed by atoms with Crippen LogP contribution in [0.1, 0.15) is 13.8 Å². The zero-order valence-electron chi connectivity index (χ0n) is 16.6. The Hall–Kier alpha value is -3.26. The van der Waals surface area contributed by atoms with Gasteiger partial charge >= 0.3 is 6.01 Å². The minimum atomic E-state index is -0.412. The maximum absolute atomic E-state index is 14.4. The first-order chi connectivity index (χ1) is 14.0. The molecular formula is C21H23FN4O3. The first-order valence-corrected chi connectivity index (χ1v) is 9.24. The van der Waals surface area contributed by atoms with Crippen LogP contribution in [0.15, 0.2) is 48.5 Å². The zero-order chi connectivity index (χ0) is 20.8. The van der Waals surface area contributed by atoms with Gasteiger partial charge in [-0.2, -0.15) is 4.98 Å². The van der Waals surface area contributed by atoms with Crippen LogP contribution in [0.2, 0.25) is 0 Å². The number of nitrogens with zero attached hydrogens (tertiary/aromatic N) is 3. The molecule has 0 spiro atoms. The molecule has 152 valence electrons. The van der Waals surface area contributed by atoms with E-state index in [1.807, 2.05) is 13.8 Å². The summed E-state index contributed by atoms with van der Waals surface area (Å²) in [4.78, 5) is 16.2. The number of methoxy groups -OCH3 is 1. The Morgan fingerprint density at radius 2 is 1.86 bits per heavy atom. The lowest BCUT2D eigenvalue weighted by atomic mass is 10.2. The van der Waals surface area contributed by atoms with Crippen LogP contribution < -0.4 is 10.1 Å². The molecule has 0 unspecified atom stereocenters.